The number of rotatable bonds is 1. The van der Waals surface area contributed by atoms with E-state index >= 15 is 0 Å². The minimum atomic E-state index is -4.38. The number of hydrogen-bond acceptors (Lipinski definition) is 2. The van der Waals surface area contributed by atoms with Crippen LogP contribution in [0, 0.1) is 11.8 Å². The monoisotopic (exact) mass is 379 g/mol. The second kappa shape index (κ2) is 6.90. The molecule has 1 nitrogen and oxygen atoms in total. The van der Waals surface area contributed by atoms with Crippen molar-refractivity contribution in [2.45, 2.75) is 6.18 Å². The Hall–Kier alpha value is -3.10. The molecule has 0 saturated heterocycles. The third-order valence-electron chi connectivity index (χ3n) is 3.99. The highest BCUT2D eigenvalue weighted by Gasteiger charge is 2.30. The van der Waals surface area contributed by atoms with Crippen LogP contribution in [0.2, 0.25) is 0 Å². The van der Waals surface area contributed by atoms with Gasteiger partial charge in [-0.15, -0.1) is 11.3 Å². The molecule has 132 valence electrons. The molecule has 0 unspecified atom stereocenters. The molecule has 0 aliphatic carbocycles. The number of halogens is 3. The lowest BCUT2D eigenvalue weighted by Gasteiger charge is -2.04. The summed E-state index contributed by atoms with van der Waals surface area (Å²) in [6, 6.07) is 20.8. The summed E-state index contributed by atoms with van der Waals surface area (Å²) in [7, 11) is 0. The molecule has 3 aromatic carbocycles. The Kier molecular flexibility index (Phi) is 4.43. The largest absolute Gasteiger partial charge is 0.416 e. The van der Waals surface area contributed by atoms with Gasteiger partial charge in [-0.3, -0.25) is 0 Å². The van der Waals surface area contributed by atoms with Crippen LogP contribution >= 0.6 is 11.3 Å². The van der Waals surface area contributed by atoms with Crippen molar-refractivity contribution in [1.29, 1.82) is 0 Å². The van der Waals surface area contributed by atoms with Crippen LogP contribution in [0.3, 0.4) is 0 Å². The molecular formula is C22H12F3NS. The van der Waals surface area contributed by atoms with Gasteiger partial charge in [0.2, 0.25) is 0 Å². The molecule has 0 aliphatic heterocycles. The van der Waals surface area contributed by atoms with E-state index in [2.05, 4.69) is 16.8 Å². The highest BCUT2D eigenvalue weighted by molar-refractivity contribution is 7.21. The first-order valence-electron chi connectivity index (χ1n) is 8.15. The number of benzene rings is 3. The fraction of sp³-hybridized carbons (Fsp3) is 0.0455. The third kappa shape index (κ3) is 3.71. The minimum absolute atomic E-state index is 0.343. The third-order valence-corrected chi connectivity index (χ3v) is 5.06. The van der Waals surface area contributed by atoms with E-state index in [1.54, 1.807) is 0 Å². The van der Waals surface area contributed by atoms with Crippen molar-refractivity contribution in [2.75, 3.05) is 0 Å². The number of hydrogen-bond donors (Lipinski definition) is 0. The normalized spacial score (nSPS) is 11.2. The molecule has 0 bridgehead atoms. The molecule has 0 aliphatic rings. The molecule has 0 radical (unpaired) electrons. The maximum atomic E-state index is 12.9. The van der Waals surface area contributed by atoms with Crippen molar-refractivity contribution in [3.05, 3.63) is 89.5 Å². The molecule has 27 heavy (non-hydrogen) atoms. The topological polar surface area (TPSA) is 12.9 Å². The molecule has 0 atom stereocenters. The van der Waals surface area contributed by atoms with Crippen LogP contribution in [0.4, 0.5) is 13.2 Å². The second-order valence-corrected chi connectivity index (χ2v) is 6.89. The second-order valence-electron chi connectivity index (χ2n) is 5.86. The molecular weight excluding hydrogens is 367 g/mol. The Morgan fingerprint density at radius 3 is 2.33 bits per heavy atom. The summed E-state index contributed by atoms with van der Waals surface area (Å²) in [6.07, 6.45) is -4.38. The molecule has 0 fully saturated rings. The van der Waals surface area contributed by atoms with Crippen LogP contribution < -0.4 is 0 Å². The fourth-order valence-electron chi connectivity index (χ4n) is 2.66. The van der Waals surface area contributed by atoms with E-state index in [0.717, 1.165) is 28.8 Å². The lowest BCUT2D eigenvalue weighted by molar-refractivity contribution is -0.137. The van der Waals surface area contributed by atoms with Crippen molar-refractivity contribution in [2.24, 2.45) is 0 Å². The van der Waals surface area contributed by atoms with Gasteiger partial charge in [-0.2, -0.15) is 13.2 Å². The summed E-state index contributed by atoms with van der Waals surface area (Å²) < 4.78 is 39.5. The fourth-order valence-corrected chi connectivity index (χ4v) is 3.64. The first kappa shape index (κ1) is 17.3. The SMILES string of the molecule is FC(F)(F)c1ccc2sc(-c3ccccc3C#Cc3ccccc3)nc2c1. The Bertz CT molecular complexity index is 1160. The van der Waals surface area contributed by atoms with Crippen molar-refractivity contribution in [3.8, 4) is 22.4 Å². The first-order chi connectivity index (χ1) is 13.0. The van der Waals surface area contributed by atoms with Gasteiger partial charge in [-0.25, -0.2) is 4.98 Å². The van der Waals surface area contributed by atoms with Gasteiger partial charge in [0.1, 0.15) is 5.01 Å². The zero-order chi connectivity index (χ0) is 18.9. The molecule has 1 heterocycles. The average Bonchev–Trinajstić information content (AvgIpc) is 3.10. The highest BCUT2D eigenvalue weighted by Crippen LogP contribution is 2.36. The lowest BCUT2D eigenvalue weighted by Crippen LogP contribution is -2.03. The van der Waals surface area contributed by atoms with Crippen molar-refractivity contribution in [3.63, 3.8) is 0 Å². The Balaban J connectivity index is 1.77. The van der Waals surface area contributed by atoms with Gasteiger partial charge in [0.15, 0.2) is 0 Å². The zero-order valence-corrected chi connectivity index (χ0v) is 14.7. The molecule has 1 aromatic heterocycles. The number of thiazole rings is 1. The summed E-state index contributed by atoms with van der Waals surface area (Å²) in [5.41, 5.74) is 2.15. The van der Waals surface area contributed by atoms with Gasteiger partial charge in [0, 0.05) is 16.7 Å². The van der Waals surface area contributed by atoms with E-state index in [0.29, 0.717) is 15.2 Å². The summed E-state index contributed by atoms with van der Waals surface area (Å²) in [5, 5.41) is 0.655. The van der Waals surface area contributed by atoms with Crippen LogP contribution in [0.1, 0.15) is 16.7 Å². The van der Waals surface area contributed by atoms with Gasteiger partial charge < -0.3 is 0 Å². The molecule has 4 aromatic rings. The Morgan fingerprint density at radius 2 is 1.56 bits per heavy atom. The van der Waals surface area contributed by atoms with E-state index in [9.17, 15) is 13.2 Å². The first-order valence-corrected chi connectivity index (χ1v) is 8.96. The maximum absolute atomic E-state index is 12.9. The molecule has 0 amide bonds. The van der Waals surface area contributed by atoms with Gasteiger partial charge in [-0.05, 0) is 36.4 Å². The predicted molar refractivity (Wildman–Crippen MR) is 102 cm³/mol. The predicted octanol–water partition coefficient (Wildman–Crippen LogP) is 6.38. The van der Waals surface area contributed by atoms with Crippen LogP contribution in [0.25, 0.3) is 20.8 Å². The van der Waals surface area contributed by atoms with Crippen molar-refractivity contribution in [1.82, 2.24) is 4.98 Å². The van der Waals surface area contributed by atoms with Crippen LogP contribution in [0.15, 0.2) is 72.8 Å². The summed E-state index contributed by atoms with van der Waals surface area (Å²) >= 11 is 1.36. The Morgan fingerprint density at radius 1 is 0.815 bits per heavy atom. The number of aromatic nitrogens is 1. The number of alkyl halides is 3. The Labute approximate surface area is 158 Å². The van der Waals surface area contributed by atoms with E-state index in [-0.39, 0.29) is 0 Å². The minimum Gasteiger partial charge on any atom is -0.236 e. The maximum Gasteiger partial charge on any atom is 0.416 e. The summed E-state index contributed by atoms with van der Waals surface area (Å²) in [5.74, 6) is 6.26. The van der Waals surface area contributed by atoms with E-state index in [4.69, 9.17) is 0 Å². The van der Waals surface area contributed by atoms with E-state index in [1.807, 2.05) is 54.6 Å². The summed E-state index contributed by atoms with van der Waals surface area (Å²) in [6.45, 7) is 0. The van der Waals surface area contributed by atoms with Crippen LogP contribution in [-0.2, 0) is 6.18 Å². The molecule has 0 spiro atoms. The quantitative estimate of drug-likeness (QED) is 0.350. The van der Waals surface area contributed by atoms with E-state index < -0.39 is 11.7 Å². The zero-order valence-electron chi connectivity index (χ0n) is 13.9. The number of nitrogens with zero attached hydrogens (tertiary/aromatic N) is 1. The van der Waals surface area contributed by atoms with Gasteiger partial charge >= 0.3 is 6.18 Å². The smallest absolute Gasteiger partial charge is 0.236 e. The molecule has 0 N–H and O–H groups in total. The van der Waals surface area contributed by atoms with Gasteiger partial charge in [0.05, 0.1) is 15.8 Å². The standard InChI is InChI=1S/C22H12F3NS/c23-22(24,25)17-12-13-20-19(14-17)26-21(27-20)18-9-5-4-8-16(18)11-10-15-6-2-1-3-7-15/h1-9,12-14H. The van der Waals surface area contributed by atoms with Crippen molar-refractivity contribution < 1.29 is 13.2 Å². The van der Waals surface area contributed by atoms with Crippen molar-refractivity contribution >= 4 is 21.6 Å². The summed E-state index contributed by atoms with van der Waals surface area (Å²) in [4.78, 5) is 4.42. The highest BCUT2D eigenvalue weighted by atomic mass is 32.1. The van der Waals surface area contributed by atoms with Gasteiger partial charge in [-0.1, -0.05) is 48.2 Å². The molecule has 5 heteroatoms. The van der Waals surface area contributed by atoms with Crippen LogP contribution in [-0.4, -0.2) is 4.98 Å². The average molecular weight is 379 g/mol. The van der Waals surface area contributed by atoms with E-state index in [1.165, 1.54) is 17.4 Å². The molecule has 4 rings (SSSR count). The lowest BCUT2D eigenvalue weighted by atomic mass is 10.1. The van der Waals surface area contributed by atoms with Gasteiger partial charge in [0.25, 0.3) is 0 Å². The molecule has 0 saturated carbocycles. The van der Waals surface area contributed by atoms with Crippen LogP contribution in [0.5, 0.6) is 0 Å². The number of fused-ring (bicyclic) bond motifs is 1.